The van der Waals surface area contributed by atoms with E-state index < -0.39 is 0 Å². The number of ether oxygens (including phenoxy) is 1. The number of hydrogen-bond donors (Lipinski definition) is 1. The van der Waals surface area contributed by atoms with E-state index in [1.54, 1.807) is 24.2 Å². The molecule has 0 unspecified atom stereocenters. The number of anilines is 1. The molecular formula is C9H12N6O. The van der Waals surface area contributed by atoms with Gasteiger partial charge in [0, 0.05) is 11.8 Å². The smallest absolute Gasteiger partial charge is 0.227 e. The molecule has 2 aromatic heterocycles. The molecule has 0 radical (unpaired) electrons. The Bertz CT molecular complexity index is 455. The second-order valence-electron chi connectivity index (χ2n) is 3.15. The fourth-order valence-electron chi connectivity index (χ4n) is 1.19. The molecule has 0 saturated carbocycles. The zero-order chi connectivity index (χ0) is 11.4. The van der Waals surface area contributed by atoms with Gasteiger partial charge in [-0.05, 0) is 6.92 Å². The molecule has 2 rings (SSSR count). The molecular weight excluding hydrogens is 208 g/mol. The van der Waals surface area contributed by atoms with Crippen LogP contribution in [-0.4, -0.2) is 31.8 Å². The van der Waals surface area contributed by atoms with Gasteiger partial charge in [-0.1, -0.05) is 0 Å². The van der Waals surface area contributed by atoms with Gasteiger partial charge in [0.2, 0.25) is 11.8 Å². The van der Waals surface area contributed by atoms with Crippen LogP contribution >= 0.6 is 0 Å². The molecule has 0 aliphatic carbocycles. The predicted molar refractivity (Wildman–Crippen MR) is 57.0 cm³/mol. The van der Waals surface area contributed by atoms with E-state index in [9.17, 15) is 0 Å². The summed E-state index contributed by atoms with van der Waals surface area (Å²) in [5, 5.41) is 6.97. The van der Waals surface area contributed by atoms with Crippen molar-refractivity contribution in [2.75, 3.05) is 12.4 Å². The summed E-state index contributed by atoms with van der Waals surface area (Å²) in [5.74, 6) is 1.04. The minimum atomic E-state index is 0.465. The summed E-state index contributed by atoms with van der Waals surface area (Å²) >= 11 is 0. The monoisotopic (exact) mass is 220 g/mol. The lowest BCUT2D eigenvalue weighted by Gasteiger charge is -2.06. The van der Waals surface area contributed by atoms with Crippen LogP contribution in [0.2, 0.25) is 0 Å². The molecule has 0 aliphatic heterocycles. The molecule has 0 bridgehead atoms. The summed E-state index contributed by atoms with van der Waals surface area (Å²) in [7, 11) is 1.57. The average Bonchev–Trinajstić information content (AvgIpc) is 2.78. The molecule has 84 valence electrons. The Labute approximate surface area is 92.5 Å². The van der Waals surface area contributed by atoms with E-state index in [1.165, 1.54) is 6.33 Å². The first-order valence-corrected chi connectivity index (χ1v) is 4.74. The first-order valence-electron chi connectivity index (χ1n) is 4.74. The van der Waals surface area contributed by atoms with Gasteiger partial charge in [-0.15, -0.1) is 0 Å². The zero-order valence-electron chi connectivity index (χ0n) is 9.08. The van der Waals surface area contributed by atoms with Crippen LogP contribution in [-0.2, 0) is 6.67 Å². The quantitative estimate of drug-likeness (QED) is 0.806. The van der Waals surface area contributed by atoms with Gasteiger partial charge in [-0.25, -0.2) is 14.6 Å². The van der Waals surface area contributed by atoms with Gasteiger partial charge in [0.15, 0.2) is 0 Å². The van der Waals surface area contributed by atoms with E-state index in [2.05, 4.69) is 25.4 Å². The third kappa shape index (κ3) is 2.44. The minimum Gasteiger partial charge on any atom is -0.481 e. The molecule has 7 heteroatoms. The molecule has 0 aliphatic rings. The highest BCUT2D eigenvalue weighted by molar-refractivity contribution is 5.29. The Kier molecular flexibility index (Phi) is 2.95. The Morgan fingerprint density at radius 3 is 3.00 bits per heavy atom. The lowest BCUT2D eigenvalue weighted by Crippen LogP contribution is -2.11. The van der Waals surface area contributed by atoms with Crippen molar-refractivity contribution in [2.24, 2.45) is 0 Å². The number of aryl methyl sites for hydroxylation is 1. The van der Waals surface area contributed by atoms with Crippen molar-refractivity contribution >= 4 is 5.95 Å². The highest BCUT2D eigenvalue weighted by atomic mass is 16.5. The van der Waals surface area contributed by atoms with Gasteiger partial charge in [0.1, 0.15) is 19.3 Å². The Morgan fingerprint density at radius 2 is 2.31 bits per heavy atom. The second-order valence-corrected chi connectivity index (χ2v) is 3.15. The van der Waals surface area contributed by atoms with E-state index in [-0.39, 0.29) is 0 Å². The SMILES string of the molecule is COc1cc(C)nc(NCn2cncn2)n1. The van der Waals surface area contributed by atoms with Crippen molar-refractivity contribution in [3.05, 3.63) is 24.4 Å². The first-order chi connectivity index (χ1) is 7.78. The van der Waals surface area contributed by atoms with Gasteiger partial charge in [0.05, 0.1) is 7.11 Å². The molecule has 0 fully saturated rings. The lowest BCUT2D eigenvalue weighted by atomic mass is 10.4. The van der Waals surface area contributed by atoms with E-state index in [4.69, 9.17) is 4.74 Å². The molecule has 2 aromatic rings. The van der Waals surface area contributed by atoms with Crippen LogP contribution in [0.5, 0.6) is 5.88 Å². The summed E-state index contributed by atoms with van der Waals surface area (Å²) < 4.78 is 6.68. The fourth-order valence-corrected chi connectivity index (χ4v) is 1.19. The van der Waals surface area contributed by atoms with Crippen LogP contribution in [0.25, 0.3) is 0 Å². The van der Waals surface area contributed by atoms with E-state index in [0.29, 0.717) is 18.5 Å². The highest BCUT2D eigenvalue weighted by Crippen LogP contribution is 2.10. The summed E-state index contributed by atoms with van der Waals surface area (Å²) in [6.07, 6.45) is 3.08. The van der Waals surface area contributed by atoms with Gasteiger partial charge in [0.25, 0.3) is 0 Å². The number of nitrogens with one attached hydrogen (secondary N) is 1. The maximum atomic E-state index is 5.05. The fraction of sp³-hybridized carbons (Fsp3) is 0.333. The van der Waals surface area contributed by atoms with Gasteiger partial charge in [-0.2, -0.15) is 10.1 Å². The maximum absolute atomic E-state index is 5.05. The molecule has 7 nitrogen and oxygen atoms in total. The molecule has 16 heavy (non-hydrogen) atoms. The summed E-state index contributed by atoms with van der Waals surface area (Å²) in [5.41, 5.74) is 0.841. The molecule has 1 N–H and O–H groups in total. The van der Waals surface area contributed by atoms with Crippen LogP contribution in [0.1, 0.15) is 5.69 Å². The van der Waals surface area contributed by atoms with Crippen LogP contribution in [0.4, 0.5) is 5.95 Å². The zero-order valence-corrected chi connectivity index (χ0v) is 9.08. The van der Waals surface area contributed by atoms with E-state index >= 15 is 0 Å². The summed E-state index contributed by atoms with van der Waals surface area (Å²) in [6.45, 7) is 2.34. The predicted octanol–water partition coefficient (Wildman–Crippen LogP) is 0.455. The van der Waals surface area contributed by atoms with Crippen molar-refractivity contribution in [1.29, 1.82) is 0 Å². The third-order valence-corrected chi connectivity index (χ3v) is 1.91. The normalized spacial score (nSPS) is 10.1. The average molecular weight is 220 g/mol. The number of nitrogens with zero attached hydrogens (tertiary/aromatic N) is 5. The van der Waals surface area contributed by atoms with Crippen LogP contribution in [0.3, 0.4) is 0 Å². The summed E-state index contributed by atoms with van der Waals surface area (Å²) in [6, 6.07) is 1.76. The molecule has 0 amide bonds. The molecule has 0 saturated heterocycles. The Morgan fingerprint density at radius 1 is 1.44 bits per heavy atom. The van der Waals surface area contributed by atoms with Gasteiger partial charge in [-0.3, -0.25) is 0 Å². The van der Waals surface area contributed by atoms with Crippen molar-refractivity contribution < 1.29 is 4.74 Å². The molecule has 0 spiro atoms. The molecule has 0 atom stereocenters. The number of rotatable bonds is 4. The van der Waals surface area contributed by atoms with Crippen molar-refractivity contribution in [1.82, 2.24) is 24.7 Å². The van der Waals surface area contributed by atoms with Crippen molar-refractivity contribution in [3.63, 3.8) is 0 Å². The third-order valence-electron chi connectivity index (χ3n) is 1.91. The molecule has 2 heterocycles. The number of hydrogen-bond acceptors (Lipinski definition) is 6. The maximum Gasteiger partial charge on any atom is 0.227 e. The Balaban J connectivity index is 2.06. The minimum absolute atomic E-state index is 0.465. The van der Waals surface area contributed by atoms with Crippen LogP contribution in [0, 0.1) is 6.92 Å². The highest BCUT2D eigenvalue weighted by Gasteiger charge is 2.01. The number of methoxy groups -OCH3 is 1. The van der Waals surface area contributed by atoms with Crippen molar-refractivity contribution in [2.45, 2.75) is 13.6 Å². The van der Waals surface area contributed by atoms with Gasteiger partial charge >= 0.3 is 0 Å². The van der Waals surface area contributed by atoms with E-state index in [1.807, 2.05) is 6.92 Å². The number of aromatic nitrogens is 5. The second kappa shape index (κ2) is 4.56. The van der Waals surface area contributed by atoms with Crippen LogP contribution in [0.15, 0.2) is 18.7 Å². The topological polar surface area (TPSA) is 77.8 Å². The van der Waals surface area contributed by atoms with Crippen molar-refractivity contribution in [3.8, 4) is 5.88 Å². The molecule has 0 aromatic carbocycles. The van der Waals surface area contributed by atoms with Gasteiger partial charge < -0.3 is 10.1 Å². The van der Waals surface area contributed by atoms with E-state index in [0.717, 1.165) is 5.69 Å². The largest absolute Gasteiger partial charge is 0.481 e. The first kappa shape index (κ1) is 10.3. The standard InChI is InChI=1S/C9H12N6O/c1-7-3-8(16-2)14-9(13-7)11-6-15-5-10-4-12-15/h3-5H,6H2,1-2H3,(H,11,13,14). The summed E-state index contributed by atoms with van der Waals surface area (Å²) in [4.78, 5) is 12.2. The Hall–Kier alpha value is -2.18. The lowest BCUT2D eigenvalue weighted by molar-refractivity contribution is 0.397. The van der Waals surface area contributed by atoms with Crippen LogP contribution < -0.4 is 10.1 Å².